The topological polar surface area (TPSA) is 68.0 Å². The van der Waals surface area contributed by atoms with Gasteiger partial charge in [-0.3, -0.25) is 4.79 Å². The van der Waals surface area contributed by atoms with Gasteiger partial charge in [-0.25, -0.2) is 0 Å². The lowest BCUT2D eigenvalue weighted by Gasteiger charge is -2.16. The van der Waals surface area contributed by atoms with Crippen LogP contribution in [0.4, 0.5) is 0 Å². The Morgan fingerprint density at radius 1 is 1.38 bits per heavy atom. The van der Waals surface area contributed by atoms with Gasteiger partial charge >= 0.3 is 0 Å². The second-order valence-corrected chi connectivity index (χ2v) is 9.04. The lowest BCUT2D eigenvalue weighted by atomic mass is 9.90. The first-order valence-electron chi connectivity index (χ1n) is 9.50. The number of fused-ring (bicyclic) bond motifs is 1. The molecule has 2 aromatic rings. The van der Waals surface area contributed by atoms with Crippen LogP contribution in [-0.4, -0.2) is 28.4 Å². The summed E-state index contributed by atoms with van der Waals surface area (Å²) in [6.45, 7) is 5.23. The second-order valence-electron chi connectivity index (χ2n) is 6.98. The molecular weight excluding hydrogens is 366 g/mol. The number of hydrogen-bond donors (Lipinski definition) is 1. The van der Waals surface area contributed by atoms with Crippen LogP contribution in [0.5, 0.6) is 0 Å². The van der Waals surface area contributed by atoms with Crippen molar-refractivity contribution in [2.45, 2.75) is 64.0 Å². The van der Waals surface area contributed by atoms with E-state index in [4.69, 9.17) is 4.42 Å². The van der Waals surface area contributed by atoms with E-state index in [2.05, 4.69) is 35.4 Å². The fraction of sp³-hybridized carbons (Fsp3) is 0.632. The molecule has 7 heteroatoms. The number of unbranched alkanes of at least 4 members (excludes halogenated alkanes) is 3. The maximum absolute atomic E-state index is 11.9. The Labute approximate surface area is 163 Å². The first-order valence-corrected chi connectivity index (χ1v) is 11.3. The monoisotopic (exact) mass is 393 g/mol. The molecule has 0 aliphatic heterocycles. The lowest BCUT2D eigenvalue weighted by molar-refractivity contribution is -0.118. The fourth-order valence-corrected chi connectivity index (χ4v) is 4.86. The van der Waals surface area contributed by atoms with Crippen molar-refractivity contribution in [3.8, 4) is 10.8 Å². The van der Waals surface area contributed by atoms with Gasteiger partial charge in [0.05, 0.1) is 10.6 Å². The SMILES string of the molecule is CCCCCCNC(=O)CSc1nnc(-c2cc3c(s2)CC[C@H](C)C3)o1. The summed E-state index contributed by atoms with van der Waals surface area (Å²) in [5.41, 5.74) is 1.43. The molecule has 5 nitrogen and oxygen atoms in total. The van der Waals surface area contributed by atoms with Crippen molar-refractivity contribution in [3.63, 3.8) is 0 Å². The van der Waals surface area contributed by atoms with Gasteiger partial charge in [-0.15, -0.1) is 21.5 Å². The van der Waals surface area contributed by atoms with E-state index in [9.17, 15) is 4.79 Å². The Hall–Kier alpha value is -1.34. The van der Waals surface area contributed by atoms with E-state index in [1.165, 1.54) is 47.9 Å². The molecule has 2 aromatic heterocycles. The zero-order valence-electron chi connectivity index (χ0n) is 15.5. The number of amides is 1. The van der Waals surface area contributed by atoms with Crippen LogP contribution < -0.4 is 5.32 Å². The molecule has 0 bridgehead atoms. The van der Waals surface area contributed by atoms with Gasteiger partial charge in [-0.1, -0.05) is 44.9 Å². The minimum atomic E-state index is 0.0202. The van der Waals surface area contributed by atoms with Crippen LogP contribution in [0.25, 0.3) is 10.8 Å². The Bertz CT molecular complexity index is 726. The van der Waals surface area contributed by atoms with E-state index in [1.54, 1.807) is 11.3 Å². The molecule has 0 fully saturated rings. The van der Waals surface area contributed by atoms with Crippen molar-refractivity contribution >= 4 is 29.0 Å². The molecular formula is C19H27N3O2S2. The summed E-state index contributed by atoms with van der Waals surface area (Å²) in [5.74, 6) is 1.65. The molecule has 142 valence electrons. The van der Waals surface area contributed by atoms with Crippen molar-refractivity contribution in [3.05, 3.63) is 16.5 Å². The molecule has 1 N–H and O–H groups in total. The number of aromatic nitrogens is 2. The van der Waals surface area contributed by atoms with Crippen LogP contribution in [-0.2, 0) is 17.6 Å². The molecule has 0 saturated carbocycles. The van der Waals surface area contributed by atoms with Crippen molar-refractivity contribution in [2.24, 2.45) is 5.92 Å². The first-order chi connectivity index (χ1) is 12.7. The molecule has 3 rings (SSSR count). The highest BCUT2D eigenvalue weighted by atomic mass is 32.2. The summed E-state index contributed by atoms with van der Waals surface area (Å²) in [6.07, 6.45) is 8.17. The highest BCUT2D eigenvalue weighted by Crippen LogP contribution is 2.37. The highest BCUT2D eigenvalue weighted by Gasteiger charge is 2.21. The van der Waals surface area contributed by atoms with Crippen LogP contribution in [0.1, 0.15) is 56.4 Å². The molecule has 1 aliphatic rings. The Morgan fingerprint density at radius 3 is 3.12 bits per heavy atom. The molecule has 1 aliphatic carbocycles. The standard InChI is InChI=1S/C19H27N3O2S2/c1-3-4-5-6-9-20-17(23)12-25-19-22-21-18(24-19)16-11-14-10-13(2)7-8-15(14)26-16/h11,13H,3-10,12H2,1-2H3,(H,20,23)/t13-/m0/s1. The van der Waals surface area contributed by atoms with Crippen LogP contribution in [0.15, 0.2) is 15.7 Å². The second kappa shape index (κ2) is 9.55. The van der Waals surface area contributed by atoms with E-state index in [1.807, 2.05) is 0 Å². The number of carbonyl (C=O) groups excluding carboxylic acids is 1. The average molecular weight is 394 g/mol. The largest absolute Gasteiger partial charge is 0.410 e. The number of carbonyl (C=O) groups is 1. The Kier molecular flexibility index (Phi) is 7.14. The van der Waals surface area contributed by atoms with Crippen molar-refractivity contribution in [1.82, 2.24) is 15.5 Å². The quantitative estimate of drug-likeness (QED) is 0.493. The zero-order chi connectivity index (χ0) is 18.4. The van der Waals surface area contributed by atoms with Crippen molar-refractivity contribution in [1.29, 1.82) is 0 Å². The number of nitrogens with one attached hydrogen (secondary N) is 1. The van der Waals surface area contributed by atoms with Crippen LogP contribution in [0.3, 0.4) is 0 Å². The van der Waals surface area contributed by atoms with Gasteiger partial charge in [0.15, 0.2) is 0 Å². The van der Waals surface area contributed by atoms with Crippen molar-refractivity contribution < 1.29 is 9.21 Å². The van der Waals surface area contributed by atoms with E-state index >= 15 is 0 Å². The van der Waals surface area contributed by atoms with Gasteiger partial charge in [-0.05, 0) is 43.2 Å². The lowest BCUT2D eigenvalue weighted by Crippen LogP contribution is -2.26. The van der Waals surface area contributed by atoms with E-state index in [0.29, 0.717) is 16.9 Å². The van der Waals surface area contributed by atoms with E-state index in [0.717, 1.165) is 36.6 Å². The van der Waals surface area contributed by atoms with Gasteiger partial charge in [0.1, 0.15) is 0 Å². The molecule has 0 radical (unpaired) electrons. The summed E-state index contributed by atoms with van der Waals surface area (Å²) < 4.78 is 5.75. The van der Waals surface area contributed by atoms with Gasteiger partial charge in [-0.2, -0.15) is 0 Å². The smallest absolute Gasteiger partial charge is 0.277 e. The summed E-state index contributed by atoms with van der Waals surface area (Å²) >= 11 is 3.06. The summed E-state index contributed by atoms with van der Waals surface area (Å²) in [6, 6.07) is 2.20. The van der Waals surface area contributed by atoms with Crippen LogP contribution in [0, 0.1) is 5.92 Å². The fourth-order valence-electron chi connectivity index (χ4n) is 3.14. The van der Waals surface area contributed by atoms with Crippen molar-refractivity contribution in [2.75, 3.05) is 12.3 Å². The van der Waals surface area contributed by atoms with Crippen LogP contribution >= 0.6 is 23.1 Å². The van der Waals surface area contributed by atoms with Gasteiger partial charge in [0, 0.05) is 11.4 Å². The van der Waals surface area contributed by atoms with Gasteiger partial charge in [0.25, 0.3) is 11.1 Å². The maximum Gasteiger partial charge on any atom is 0.277 e. The molecule has 0 unspecified atom stereocenters. The number of aryl methyl sites for hydroxylation is 1. The molecule has 1 atom stereocenters. The van der Waals surface area contributed by atoms with Gasteiger partial charge < -0.3 is 9.73 Å². The Balaban J connectivity index is 1.47. The molecule has 26 heavy (non-hydrogen) atoms. The number of hydrogen-bond acceptors (Lipinski definition) is 6. The summed E-state index contributed by atoms with van der Waals surface area (Å²) in [5, 5.41) is 11.6. The number of thiophene rings is 1. The third kappa shape index (κ3) is 5.33. The third-order valence-corrected chi connectivity index (χ3v) is 6.67. The predicted octanol–water partition coefficient (Wildman–Crippen LogP) is 4.71. The number of thioether (sulfide) groups is 1. The predicted molar refractivity (Wildman–Crippen MR) is 107 cm³/mol. The molecule has 0 spiro atoms. The minimum absolute atomic E-state index is 0.0202. The average Bonchev–Trinajstić information content (AvgIpc) is 3.26. The molecule has 1 amide bonds. The third-order valence-electron chi connectivity index (χ3n) is 4.63. The maximum atomic E-state index is 11.9. The summed E-state index contributed by atoms with van der Waals surface area (Å²) in [7, 11) is 0. The first kappa shape index (κ1) is 19.4. The van der Waals surface area contributed by atoms with E-state index < -0.39 is 0 Å². The number of nitrogens with zero attached hydrogens (tertiary/aromatic N) is 2. The van der Waals surface area contributed by atoms with Crippen LogP contribution in [0.2, 0.25) is 0 Å². The summed E-state index contributed by atoms with van der Waals surface area (Å²) in [4.78, 5) is 14.4. The normalized spacial score (nSPS) is 16.5. The minimum Gasteiger partial charge on any atom is -0.410 e. The van der Waals surface area contributed by atoms with E-state index in [-0.39, 0.29) is 5.91 Å². The molecule has 2 heterocycles. The highest BCUT2D eigenvalue weighted by molar-refractivity contribution is 7.99. The zero-order valence-corrected chi connectivity index (χ0v) is 17.2. The molecule has 0 saturated heterocycles. The number of rotatable bonds is 9. The molecule has 0 aromatic carbocycles. The Morgan fingerprint density at radius 2 is 2.27 bits per heavy atom. The van der Waals surface area contributed by atoms with Gasteiger partial charge in [0.2, 0.25) is 5.91 Å².